The molecule has 0 aromatic heterocycles. The third kappa shape index (κ3) is 7.58. The highest BCUT2D eigenvalue weighted by molar-refractivity contribution is 5.91. The van der Waals surface area contributed by atoms with Crippen LogP contribution in [0, 0.1) is 47.0 Å². The molecule has 8 heteroatoms. The Morgan fingerprint density at radius 2 is 1.46 bits per heavy atom. The SMILES string of the molecule is CCCC1CCC(C2CCC(c3ccc(C(=O)Oc4cc(F)c(C#CC(F)(F)F)c(F)c4)c(F)c3)CC2)CC1. The van der Waals surface area contributed by atoms with E-state index in [-0.39, 0.29) is 5.92 Å². The van der Waals surface area contributed by atoms with Gasteiger partial charge in [-0.25, -0.2) is 18.0 Å². The van der Waals surface area contributed by atoms with Crippen LogP contribution >= 0.6 is 0 Å². The second-order valence-corrected chi connectivity index (χ2v) is 10.8. The van der Waals surface area contributed by atoms with Gasteiger partial charge in [-0.3, -0.25) is 0 Å². The van der Waals surface area contributed by atoms with Crippen molar-refractivity contribution in [2.45, 2.75) is 83.2 Å². The summed E-state index contributed by atoms with van der Waals surface area (Å²) in [5.41, 5.74) is -0.710. The number of hydrogen-bond donors (Lipinski definition) is 0. The standard InChI is InChI=1S/C31H32F6O2/c1-2-3-19-4-6-20(7-5-19)21-8-10-22(11-9-21)23-12-13-26(27(32)16-23)30(38)39-24-17-28(33)25(29(34)18-24)14-15-31(35,36)37/h12-13,16-22H,2-11H2,1H3. The molecular formula is C31H32F6O2. The molecule has 0 heterocycles. The lowest BCUT2D eigenvalue weighted by molar-refractivity contribution is -0.0696. The lowest BCUT2D eigenvalue weighted by Crippen LogP contribution is -2.25. The van der Waals surface area contributed by atoms with Gasteiger partial charge in [-0.2, -0.15) is 13.2 Å². The first-order valence-electron chi connectivity index (χ1n) is 13.6. The number of ether oxygens (including phenoxy) is 1. The average Bonchev–Trinajstić information content (AvgIpc) is 2.88. The number of halogens is 6. The molecule has 4 rings (SSSR count). The van der Waals surface area contributed by atoms with Crippen molar-refractivity contribution in [3.05, 3.63) is 64.5 Å². The van der Waals surface area contributed by atoms with E-state index >= 15 is 0 Å². The number of benzene rings is 2. The Morgan fingerprint density at radius 1 is 0.872 bits per heavy atom. The number of hydrogen-bond acceptors (Lipinski definition) is 2. The van der Waals surface area contributed by atoms with E-state index in [4.69, 9.17) is 4.74 Å². The molecule has 2 aliphatic carbocycles. The van der Waals surface area contributed by atoms with Crippen molar-refractivity contribution in [3.63, 3.8) is 0 Å². The summed E-state index contributed by atoms with van der Waals surface area (Å²) in [5.74, 6) is -0.711. The molecule has 0 aliphatic heterocycles. The molecule has 2 aromatic rings. The summed E-state index contributed by atoms with van der Waals surface area (Å²) in [6, 6.07) is 5.35. The van der Waals surface area contributed by atoms with Crippen LogP contribution in [0.25, 0.3) is 0 Å². The highest BCUT2D eigenvalue weighted by Gasteiger charge is 2.31. The van der Waals surface area contributed by atoms with Gasteiger partial charge in [0.2, 0.25) is 0 Å². The normalized spacial score (nSPS) is 23.6. The Hall–Kier alpha value is -2.95. The van der Waals surface area contributed by atoms with Gasteiger partial charge in [-0.15, -0.1) is 0 Å². The molecule has 0 radical (unpaired) electrons. The van der Waals surface area contributed by atoms with Crippen LogP contribution in [0.15, 0.2) is 30.3 Å². The zero-order chi connectivity index (χ0) is 28.2. The van der Waals surface area contributed by atoms with Crippen molar-refractivity contribution in [3.8, 4) is 17.6 Å². The van der Waals surface area contributed by atoms with Crippen LogP contribution in [0.4, 0.5) is 26.3 Å². The molecule has 0 atom stereocenters. The highest BCUT2D eigenvalue weighted by atomic mass is 19.4. The topological polar surface area (TPSA) is 26.3 Å². The van der Waals surface area contributed by atoms with E-state index in [0.29, 0.717) is 12.1 Å². The number of esters is 1. The van der Waals surface area contributed by atoms with Crippen LogP contribution in [-0.2, 0) is 0 Å². The van der Waals surface area contributed by atoms with Gasteiger partial charge in [0.1, 0.15) is 23.2 Å². The van der Waals surface area contributed by atoms with Crippen molar-refractivity contribution in [2.75, 3.05) is 0 Å². The van der Waals surface area contributed by atoms with Crippen molar-refractivity contribution in [2.24, 2.45) is 17.8 Å². The number of carbonyl (C=O) groups excluding carboxylic acids is 1. The monoisotopic (exact) mass is 550 g/mol. The Kier molecular flexibility index (Phi) is 9.30. The maximum absolute atomic E-state index is 14.9. The average molecular weight is 551 g/mol. The molecule has 2 fully saturated rings. The first-order valence-corrected chi connectivity index (χ1v) is 13.6. The fourth-order valence-electron chi connectivity index (χ4n) is 6.25. The fraction of sp³-hybridized carbons (Fsp3) is 0.516. The predicted octanol–water partition coefficient (Wildman–Crippen LogP) is 9.12. The number of alkyl halides is 3. The summed E-state index contributed by atoms with van der Waals surface area (Å²) >= 11 is 0. The molecule has 2 aromatic carbocycles. The minimum atomic E-state index is -4.93. The third-order valence-corrected chi connectivity index (χ3v) is 8.27. The first-order chi connectivity index (χ1) is 18.5. The minimum absolute atomic E-state index is 0.200. The molecule has 0 bridgehead atoms. The van der Waals surface area contributed by atoms with Gasteiger partial charge in [0.05, 0.1) is 11.1 Å². The molecule has 0 spiro atoms. The lowest BCUT2D eigenvalue weighted by Gasteiger charge is -2.38. The molecule has 39 heavy (non-hydrogen) atoms. The van der Waals surface area contributed by atoms with Gasteiger partial charge in [0, 0.05) is 18.1 Å². The molecule has 0 saturated heterocycles. The van der Waals surface area contributed by atoms with Gasteiger partial charge in [0.15, 0.2) is 0 Å². The minimum Gasteiger partial charge on any atom is -0.423 e. The van der Waals surface area contributed by atoms with E-state index in [2.05, 4.69) is 6.92 Å². The van der Waals surface area contributed by atoms with Crippen LogP contribution in [0.5, 0.6) is 5.75 Å². The molecule has 2 saturated carbocycles. The van der Waals surface area contributed by atoms with E-state index in [1.54, 1.807) is 6.07 Å². The summed E-state index contributed by atoms with van der Waals surface area (Å²) in [6.45, 7) is 2.25. The predicted molar refractivity (Wildman–Crippen MR) is 136 cm³/mol. The molecular weight excluding hydrogens is 518 g/mol. The van der Waals surface area contributed by atoms with Crippen molar-refractivity contribution in [1.29, 1.82) is 0 Å². The molecule has 2 nitrogen and oxygen atoms in total. The van der Waals surface area contributed by atoms with Gasteiger partial charge in [-0.1, -0.05) is 44.6 Å². The zero-order valence-electron chi connectivity index (χ0n) is 21.9. The van der Waals surface area contributed by atoms with Gasteiger partial charge >= 0.3 is 12.1 Å². The van der Waals surface area contributed by atoms with Gasteiger partial charge in [-0.05, 0) is 79.9 Å². The van der Waals surface area contributed by atoms with E-state index in [0.717, 1.165) is 54.9 Å². The van der Waals surface area contributed by atoms with E-state index in [9.17, 15) is 31.1 Å². The maximum Gasteiger partial charge on any atom is 0.458 e. The van der Waals surface area contributed by atoms with E-state index in [1.165, 1.54) is 56.6 Å². The first kappa shape index (κ1) is 29.0. The third-order valence-electron chi connectivity index (χ3n) is 8.27. The van der Waals surface area contributed by atoms with Crippen LogP contribution < -0.4 is 4.74 Å². The molecule has 2 aliphatic rings. The molecule has 0 amide bonds. The van der Waals surface area contributed by atoms with Crippen molar-refractivity contribution >= 4 is 5.97 Å². The van der Waals surface area contributed by atoms with Crippen LogP contribution in [-0.4, -0.2) is 12.1 Å². The second kappa shape index (κ2) is 12.5. The maximum atomic E-state index is 14.9. The lowest BCUT2D eigenvalue weighted by atomic mass is 9.68. The zero-order valence-corrected chi connectivity index (χ0v) is 21.9. The van der Waals surface area contributed by atoms with Crippen LogP contribution in [0.2, 0.25) is 0 Å². The van der Waals surface area contributed by atoms with E-state index < -0.39 is 46.5 Å². The summed E-state index contributed by atoms with van der Waals surface area (Å²) in [6.07, 6.45) is 7.08. The quantitative estimate of drug-likeness (QED) is 0.155. The molecule has 0 N–H and O–H groups in total. The largest absolute Gasteiger partial charge is 0.458 e. The molecule has 0 unspecified atom stereocenters. The molecule has 210 valence electrons. The fourth-order valence-corrected chi connectivity index (χ4v) is 6.25. The van der Waals surface area contributed by atoms with Crippen LogP contribution in [0.1, 0.15) is 98.5 Å². The van der Waals surface area contributed by atoms with Crippen molar-refractivity contribution in [1.82, 2.24) is 0 Å². The van der Waals surface area contributed by atoms with Gasteiger partial charge < -0.3 is 4.74 Å². The van der Waals surface area contributed by atoms with Crippen molar-refractivity contribution < 1.29 is 35.9 Å². The Labute approximate surface area is 225 Å². The number of rotatable bonds is 6. The number of carbonyl (C=O) groups is 1. The van der Waals surface area contributed by atoms with Gasteiger partial charge in [0.25, 0.3) is 0 Å². The van der Waals surface area contributed by atoms with Crippen LogP contribution in [0.3, 0.4) is 0 Å². The smallest absolute Gasteiger partial charge is 0.423 e. The Bertz CT molecular complexity index is 1200. The second-order valence-electron chi connectivity index (χ2n) is 10.8. The summed E-state index contributed by atoms with van der Waals surface area (Å²) < 4.78 is 84.7. The summed E-state index contributed by atoms with van der Waals surface area (Å²) in [7, 11) is 0. The highest BCUT2D eigenvalue weighted by Crippen LogP contribution is 2.44. The summed E-state index contributed by atoms with van der Waals surface area (Å²) in [4.78, 5) is 12.5. The Balaban J connectivity index is 1.35. The van der Waals surface area contributed by atoms with E-state index in [1.807, 2.05) is 0 Å². The summed E-state index contributed by atoms with van der Waals surface area (Å²) in [5, 5.41) is 0. The Morgan fingerprint density at radius 3 is 2.00 bits per heavy atom.